The molecule has 2 rings (SSSR count). The van der Waals surface area contributed by atoms with Gasteiger partial charge >= 0.3 is 5.97 Å². The molecule has 0 aliphatic rings. The van der Waals surface area contributed by atoms with Gasteiger partial charge in [0.2, 0.25) is 0 Å². The standard InChI is InChI=1S/C14H16N2O4S/c1-4-19-13(18)11-10(8(2)3)15-14(21-11)16-12(17)9-6-5-7-20-9/h5-8H,4H2,1-3H3,(H,15,16,17). The fraction of sp³-hybridized carbons (Fsp3) is 0.357. The molecule has 0 aliphatic heterocycles. The lowest BCUT2D eigenvalue weighted by molar-refractivity contribution is 0.0530. The lowest BCUT2D eigenvalue weighted by Crippen LogP contribution is -2.10. The molecule has 6 nitrogen and oxygen atoms in total. The number of hydrogen-bond acceptors (Lipinski definition) is 6. The number of esters is 1. The Morgan fingerprint density at radius 2 is 2.24 bits per heavy atom. The molecule has 21 heavy (non-hydrogen) atoms. The number of furan rings is 1. The maximum atomic E-state index is 11.9. The third kappa shape index (κ3) is 3.49. The highest BCUT2D eigenvalue weighted by Crippen LogP contribution is 2.29. The summed E-state index contributed by atoms with van der Waals surface area (Å²) < 4.78 is 10.0. The Hall–Kier alpha value is -2.15. The molecule has 0 saturated heterocycles. The molecule has 0 radical (unpaired) electrons. The molecule has 0 fully saturated rings. The summed E-state index contributed by atoms with van der Waals surface area (Å²) in [6.07, 6.45) is 1.42. The summed E-state index contributed by atoms with van der Waals surface area (Å²) in [5.74, 6) is -0.583. The van der Waals surface area contributed by atoms with Crippen molar-refractivity contribution in [1.29, 1.82) is 0 Å². The van der Waals surface area contributed by atoms with Gasteiger partial charge in [0.05, 0.1) is 18.6 Å². The lowest BCUT2D eigenvalue weighted by Gasteiger charge is -2.03. The van der Waals surface area contributed by atoms with E-state index in [9.17, 15) is 9.59 Å². The third-order valence-corrected chi connectivity index (χ3v) is 3.59. The van der Waals surface area contributed by atoms with E-state index in [2.05, 4.69) is 10.3 Å². The molecule has 1 N–H and O–H groups in total. The number of carbonyl (C=O) groups excluding carboxylic acids is 2. The smallest absolute Gasteiger partial charge is 0.350 e. The highest BCUT2D eigenvalue weighted by atomic mass is 32.1. The van der Waals surface area contributed by atoms with Gasteiger partial charge in [-0.15, -0.1) is 0 Å². The molecule has 0 atom stereocenters. The monoisotopic (exact) mass is 308 g/mol. The molecule has 2 aromatic rings. The van der Waals surface area contributed by atoms with E-state index in [1.807, 2.05) is 13.8 Å². The molecule has 2 aromatic heterocycles. The Morgan fingerprint density at radius 3 is 2.81 bits per heavy atom. The number of rotatable bonds is 5. The highest BCUT2D eigenvalue weighted by molar-refractivity contribution is 7.17. The van der Waals surface area contributed by atoms with Gasteiger partial charge in [-0.1, -0.05) is 25.2 Å². The number of carbonyl (C=O) groups is 2. The van der Waals surface area contributed by atoms with Crippen LogP contribution in [0.2, 0.25) is 0 Å². The number of aromatic nitrogens is 1. The quantitative estimate of drug-likeness (QED) is 0.857. The van der Waals surface area contributed by atoms with E-state index < -0.39 is 11.9 Å². The molecule has 0 aliphatic carbocycles. The maximum absolute atomic E-state index is 11.9. The van der Waals surface area contributed by atoms with Crippen LogP contribution in [0.4, 0.5) is 5.13 Å². The first kappa shape index (κ1) is 15.2. The number of anilines is 1. The van der Waals surface area contributed by atoms with Gasteiger partial charge in [-0.25, -0.2) is 9.78 Å². The molecule has 0 bridgehead atoms. The third-order valence-electron chi connectivity index (χ3n) is 2.63. The summed E-state index contributed by atoms with van der Waals surface area (Å²) in [6, 6.07) is 3.18. The van der Waals surface area contributed by atoms with Crippen LogP contribution in [-0.2, 0) is 4.74 Å². The molecular weight excluding hydrogens is 292 g/mol. The van der Waals surface area contributed by atoms with Gasteiger partial charge in [0.15, 0.2) is 10.9 Å². The Morgan fingerprint density at radius 1 is 1.48 bits per heavy atom. The van der Waals surface area contributed by atoms with Gasteiger partial charge in [-0.2, -0.15) is 0 Å². The predicted octanol–water partition coefficient (Wildman–Crippen LogP) is 3.29. The van der Waals surface area contributed by atoms with Crippen LogP contribution in [0.25, 0.3) is 0 Å². The zero-order valence-electron chi connectivity index (χ0n) is 12.0. The molecular formula is C14H16N2O4S. The van der Waals surface area contributed by atoms with Crippen LogP contribution in [0.1, 0.15) is 52.6 Å². The van der Waals surface area contributed by atoms with Crippen molar-refractivity contribution >= 4 is 28.3 Å². The maximum Gasteiger partial charge on any atom is 0.350 e. The Bertz CT molecular complexity index is 631. The zero-order valence-corrected chi connectivity index (χ0v) is 12.8. The number of hydrogen-bond donors (Lipinski definition) is 1. The highest BCUT2D eigenvalue weighted by Gasteiger charge is 2.22. The summed E-state index contributed by atoms with van der Waals surface area (Å²) in [5, 5.41) is 2.97. The summed E-state index contributed by atoms with van der Waals surface area (Å²) >= 11 is 1.10. The first-order valence-electron chi connectivity index (χ1n) is 6.55. The summed E-state index contributed by atoms with van der Waals surface area (Å²) in [5.41, 5.74) is 0.619. The topological polar surface area (TPSA) is 81.4 Å². The molecule has 0 saturated carbocycles. The van der Waals surface area contributed by atoms with Gasteiger partial charge in [-0.05, 0) is 25.0 Å². The van der Waals surface area contributed by atoms with Gasteiger partial charge in [-0.3, -0.25) is 10.1 Å². The molecule has 7 heteroatoms. The number of nitrogens with zero attached hydrogens (tertiary/aromatic N) is 1. The molecule has 2 heterocycles. The first-order chi connectivity index (χ1) is 10.0. The first-order valence-corrected chi connectivity index (χ1v) is 7.37. The van der Waals surface area contributed by atoms with Crippen LogP contribution >= 0.6 is 11.3 Å². The van der Waals surface area contributed by atoms with Crippen LogP contribution in [0.3, 0.4) is 0 Å². The second-order valence-electron chi connectivity index (χ2n) is 4.54. The van der Waals surface area contributed by atoms with Crippen molar-refractivity contribution in [2.24, 2.45) is 0 Å². The van der Waals surface area contributed by atoms with Gasteiger partial charge < -0.3 is 9.15 Å². The van der Waals surface area contributed by atoms with E-state index in [4.69, 9.17) is 9.15 Å². The van der Waals surface area contributed by atoms with Crippen LogP contribution < -0.4 is 5.32 Å². The van der Waals surface area contributed by atoms with Gasteiger partial charge in [0.1, 0.15) is 4.88 Å². The van der Waals surface area contributed by atoms with E-state index in [0.717, 1.165) is 11.3 Å². The number of thiazole rings is 1. The fourth-order valence-electron chi connectivity index (χ4n) is 1.69. The average Bonchev–Trinajstić information content (AvgIpc) is 3.07. The molecule has 0 unspecified atom stereocenters. The van der Waals surface area contributed by atoms with Crippen LogP contribution in [0, 0.1) is 0 Å². The van der Waals surface area contributed by atoms with Crippen molar-refractivity contribution in [3.8, 4) is 0 Å². The Kier molecular flexibility index (Phi) is 4.74. The largest absolute Gasteiger partial charge is 0.462 e. The van der Waals surface area contributed by atoms with Crippen molar-refractivity contribution in [3.05, 3.63) is 34.7 Å². The Labute approximate surface area is 126 Å². The van der Waals surface area contributed by atoms with E-state index in [1.54, 1.807) is 19.1 Å². The SMILES string of the molecule is CCOC(=O)c1sc(NC(=O)c2ccco2)nc1C(C)C. The minimum atomic E-state index is -0.419. The van der Waals surface area contributed by atoms with Crippen molar-refractivity contribution in [1.82, 2.24) is 4.98 Å². The van der Waals surface area contributed by atoms with Crippen LogP contribution in [0.5, 0.6) is 0 Å². The van der Waals surface area contributed by atoms with E-state index in [1.165, 1.54) is 6.26 Å². The number of amides is 1. The number of nitrogens with one attached hydrogen (secondary N) is 1. The number of ether oxygens (including phenoxy) is 1. The van der Waals surface area contributed by atoms with Crippen LogP contribution in [0.15, 0.2) is 22.8 Å². The second kappa shape index (κ2) is 6.53. The molecule has 112 valence electrons. The van der Waals surface area contributed by atoms with E-state index in [0.29, 0.717) is 22.3 Å². The van der Waals surface area contributed by atoms with E-state index in [-0.39, 0.29) is 11.7 Å². The predicted molar refractivity (Wildman–Crippen MR) is 78.8 cm³/mol. The van der Waals surface area contributed by atoms with Crippen molar-refractivity contribution in [3.63, 3.8) is 0 Å². The fourth-order valence-corrected chi connectivity index (χ4v) is 2.70. The van der Waals surface area contributed by atoms with Crippen molar-refractivity contribution in [2.45, 2.75) is 26.7 Å². The zero-order chi connectivity index (χ0) is 15.4. The minimum absolute atomic E-state index is 0.0509. The minimum Gasteiger partial charge on any atom is -0.462 e. The lowest BCUT2D eigenvalue weighted by atomic mass is 10.1. The summed E-state index contributed by atoms with van der Waals surface area (Å²) in [4.78, 5) is 28.5. The van der Waals surface area contributed by atoms with Gasteiger partial charge in [0, 0.05) is 0 Å². The van der Waals surface area contributed by atoms with Crippen molar-refractivity contribution in [2.75, 3.05) is 11.9 Å². The second-order valence-corrected chi connectivity index (χ2v) is 5.54. The van der Waals surface area contributed by atoms with Gasteiger partial charge in [0.25, 0.3) is 5.91 Å². The van der Waals surface area contributed by atoms with Crippen LogP contribution in [-0.4, -0.2) is 23.5 Å². The Balaban J connectivity index is 2.23. The molecule has 0 aromatic carbocycles. The van der Waals surface area contributed by atoms with Crippen molar-refractivity contribution < 1.29 is 18.7 Å². The molecule has 1 amide bonds. The normalized spacial score (nSPS) is 10.7. The molecule has 0 spiro atoms. The summed E-state index contributed by atoms with van der Waals surface area (Å²) in [6.45, 7) is 5.89. The average molecular weight is 308 g/mol. The van der Waals surface area contributed by atoms with E-state index >= 15 is 0 Å². The summed E-state index contributed by atoms with van der Waals surface area (Å²) in [7, 11) is 0.